The van der Waals surface area contributed by atoms with Gasteiger partial charge < -0.3 is 9.84 Å². The number of hydrogen-bond acceptors (Lipinski definition) is 3. The lowest BCUT2D eigenvalue weighted by Crippen LogP contribution is -2.17. The fraction of sp³-hybridized carbons (Fsp3) is 0.154. The van der Waals surface area contributed by atoms with E-state index in [1.54, 1.807) is 12.1 Å². The lowest BCUT2D eigenvalue weighted by molar-refractivity contribution is -0.274. The van der Waals surface area contributed by atoms with Crippen LogP contribution in [0, 0.1) is 0 Å². The average molecular weight is 348 g/mol. The third-order valence-corrected chi connectivity index (χ3v) is 2.91. The molecule has 0 amide bonds. The minimum Gasteiger partial charge on any atom is -0.406 e. The summed E-state index contributed by atoms with van der Waals surface area (Å²) < 4.78 is 41.0. The first-order valence-corrected chi connectivity index (χ1v) is 6.30. The zero-order chi connectivity index (χ0) is 14.8. The van der Waals surface area contributed by atoms with Gasteiger partial charge in [-0.3, -0.25) is 4.98 Å². The Hall–Kier alpha value is -1.60. The van der Waals surface area contributed by atoms with Gasteiger partial charge in [0.1, 0.15) is 11.9 Å². The molecule has 0 bridgehead atoms. The zero-order valence-corrected chi connectivity index (χ0v) is 11.5. The first-order chi connectivity index (χ1) is 9.35. The molecule has 1 atom stereocenters. The summed E-state index contributed by atoms with van der Waals surface area (Å²) in [6.45, 7) is 0. The van der Waals surface area contributed by atoms with Crippen LogP contribution in [0.1, 0.15) is 17.4 Å². The van der Waals surface area contributed by atoms with Crippen molar-refractivity contribution < 1.29 is 23.0 Å². The molecular weight excluding hydrogens is 339 g/mol. The number of rotatable bonds is 3. The smallest absolute Gasteiger partial charge is 0.406 e. The van der Waals surface area contributed by atoms with Crippen LogP contribution in [0.3, 0.4) is 0 Å². The Morgan fingerprint density at radius 3 is 2.55 bits per heavy atom. The standard InChI is InChI=1S/C13H9BrF3NO2/c14-9-4-5-11(18-7-9)12(19)8-2-1-3-10(6-8)20-13(15,16)17/h1-7,12,19H. The quantitative estimate of drug-likeness (QED) is 0.917. The molecule has 7 heteroatoms. The Labute approximate surface area is 121 Å². The van der Waals surface area contributed by atoms with Gasteiger partial charge in [0, 0.05) is 10.7 Å². The summed E-state index contributed by atoms with van der Waals surface area (Å²) in [4.78, 5) is 4.00. The largest absolute Gasteiger partial charge is 0.573 e. The molecule has 0 aliphatic carbocycles. The Kier molecular flexibility index (Phi) is 4.29. The number of benzene rings is 1. The van der Waals surface area contributed by atoms with Gasteiger partial charge in [0.15, 0.2) is 0 Å². The fourth-order valence-corrected chi connectivity index (χ4v) is 1.84. The summed E-state index contributed by atoms with van der Waals surface area (Å²) in [6, 6.07) is 8.42. The minimum absolute atomic E-state index is 0.265. The van der Waals surface area contributed by atoms with Crippen LogP contribution < -0.4 is 4.74 Å². The number of aromatic nitrogens is 1. The molecule has 20 heavy (non-hydrogen) atoms. The Morgan fingerprint density at radius 1 is 1.20 bits per heavy atom. The summed E-state index contributed by atoms with van der Waals surface area (Å²) >= 11 is 3.21. The van der Waals surface area contributed by atoms with Gasteiger partial charge in [0.2, 0.25) is 0 Å². The van der Waals surface area contributed by atoms with Gasteiger partial charge in [-0.15, -0.1) is 13.2 Å². The molecule has 0 radical (unpaired) electrons. The topological polar surface area (TPSA) is 42.4 Å². The highest BCUT2D eigenvalue weighted by molar-refractivity contribution is 9.10. The highest BCUT2D eigenvalue weighted by Gasteiger charge is 2.31. The van der Waals surface area contributed by atoms with E-state index in [-0.39, 0.29) is 11.3 Å². The van der Waals surface area contributed by atoms with Crippen LogP contribution >= 0.6 is 15.9 Å². The first kappa shape index (κ1) is 14.8. The van der Waals surface area contributed by atoms with Crippen molar-refractivity contribution in [1.29, 1.82) is 0 Å². The van der Waals surface area contributed by atoms with Crippen LogP contribution in [0.15, 0.2) is 47.1 Å². The van der Waals surface area contributed by atoms with E-state index in [1.165, 1.54) is 24.4 Å². The lowest BCUT2D eigenvalue weighted by Gasteiger charge is -2.13. The molecule has 0 spiro atoms. The molecule has 0 aliphatic rings. The van der Waals surface area contributed by atoms with Crippen LogP contribution in [0.25, 0.3) is 0 Å². The van der Waals surface area contributed by atoms with Crippen LogP contribution in [-0.4, -0.2) is 16.5 Å². The predicted octanol–water partition coefficient (Wildman–Crippen LogP) is 3.82. The van der Waals surface area contributed by atoms with Gasteiger partial charge >= 0.3 is 6.36 Å². The second kappa shape index (κ2) is 5.80. The number of ether oxygens (including phenoxy) is 1. The number of nitrogens with zero attached hydrogens (tertiary/aromatic N) is 1. The summed E-state index contributed by atoms with van der Waals surface area (Å²) in [6.07, 6.45) is -4.39. The maximum Gasteiger partial charge on any atom is 0.573 e. The maximum atomic E-state index is 12.1. The third-order valence-electron chi connectivity index (χ3n) is 2.44. The number of pyridine rings is 1. The van der Waals surface area contributed by atoms with Crippen molar-refractivity contribution in [3.8, 4) is 5.75 Å². The summed E-state index contributed by atoms with van der Waals surface area (Å²) in [5.41, 5.74) is 0.596. The normalized spacial score (nSPS) is 13.1. The molecule has 2 rings (SSSR count). The van der Waals surface area contributed by atoms with E-state index in [2.05, 4.69) is 25.7 Å². The average Bonchev–Trinajstić information content (AvgIpc) is 2.37. The van der Waals surface area contributed by atoms with E-state index in [4.69, 9.17) is 0 Å². The van der Waals surface area contributed by atoms with Gasteiger partial charge in [-0.25, -0.2) is 0 Å². The molecule has 2 aromatic rings. The Bertz CT molecular complexity index is 587. The Balaban J connectivity index is 2.24. The highest BCUT2D eigenvalue weighted by Crippen LogP contribution is 2.27. The number of hydrogen-bond donors (Lipinski definition) is 1. The van der Waals surface area contributed by atoms with E-state index in [1.807, 2.05) is 0 Å². The number of alkyl halides is 3. The van der Waals surface area contributed by atoms with Gasteiger partial charge in [0.25, 0.3) is 0 Å². The minimum atomic E-state index is -4.76. The lowest BCUT2D eigenvalue weighted by atomic mass is 10.1. The molecule has 0 fully saturated rings. The molecule has 1 unspecified atom stereocenters. The molecule has 1 aromatic heterocycles. The SMILES string of the molecule is OC(c1cccc(OC(F)(F)F)c1)c1ccc(Br)cn1. The molecule has 0 aliphatic heterocycles. The molecule has 3 nitrogen and oxygen atoms in total. The molecule has 1 aromatic carbocycles. The van der Waals surface area contributed by atoms with Crippen LogP contribution in [0.2, 0.25) is 0 Å². The number of aliphatic hydroxyl groups is 1. The summed E-state index contributed by atoms with van der Waals surface area (Å²) in [5.74, 6) is -0.383. The van der Waals surface area contributed by atoms with Crippen molar-refractivity contribution in [2.45, 2.75) is 12.5 Å². The molecule has 0 saturated heterocycles. The van der Waals surface area contributed by atoms with E-state index in [0.29, 0.717) is 5.69 Å². The molecule has 106 valence electrons. The van der Waals surface area contributed by atoms with Crippen molar-refractivity contribution >= 4 is 15.9 Å². The second-order valence-corrected chi connectivity index (χ2v) is 4.84. The molecule has 1 heterocycles. The number of aliphatic hydroxyl groups excluding tert-OH is 1. The molecule has 0 saturated carbocycles. The summed E-state index contributed by atoms with van der Waals surface area (Å²) in [7, 11) is 0. The number of halogens is 4. The summed E-state index contributed by atoms with van der Waals surface area (Å²) in [5, 5.41) is 10.1. The van der Waals surface area contributed by atoms with Gasteiger partial charge in [-0.05, 0) is 45.8 Å². The third kappa shape index (κ3) is 3.94. The molecular formula is C13H9BrF3NO2. The molecule has 1 N–H and O–H groups in total. The van der Waals surface area contributed by atoms with Crippen molar-refractivity contribution in [2.24, 2.45) is 0 Å². The van der Waals surface area contributed by atoms with Crippen molar-refractivity contribution in [2.75, 3.05) is 0 Å². The van der Waals surface area contributed by atoms with Gasteiger partial charge in [0.05, 0.1) is 5.69 Å². The van der Waals surface area contributed by atoms with E-state index < -0.39 is 12.5 Å². The van der Waals surface area contributed by atoms with Crippen LogP contribution in [-0.2, 0) is 0 Å². The highest BCUT2D eigenvalue weighted by atomic mass is 79.9. The van der Waals surface area contributed by atoms with Crippen molar-refractivity contribution in [1.82, 2.24) is 4.98 Å². The maximum absolute atomic E-state index is 12.1. The van der Waals surface area contributed by atoms with Crippen LogP contribution in [0.4, 0.5) is 13.2 Å². The van der Waals surface area contributed by atoms with Gasteiger partial charge in [-0.1, -0.05) is 12.1 Å². The van der Waals surface area contributed by atoms with Crippen molar-refractivity contribution in [3.63, 3.8) is 0 Å². The fourth-order valence-electron chi connectivity index (χ4n) is 1.60. The first-order valence-electron chi connectivity index (χ1n) is 5.50. The van der Waals surface area contributed by atoms with E-state index in [0.717, 1.165) is 10.5 Å². The van der Waals surface area contributed by atoms with Gasteiger partial charge in [-0.2, -0.15) is 0 Å². The Morgan fingerprint density at radius 2 is 1.95 bits per heavy atom. The monoisotopic (exact) mass is 347 g/mol. The second-order valence-electron chi connectivity index (χ2n) is 3.92. The predicted molar refractivity (Wildman–Crippen MR) is 69.1 cm³/mol. The van der Waals surface area contributed by atoms with E-state index in [9.17, 15) is 18.3 Å². The van der Waals surface area contributed by atoms with E-state index >= 15 is 0 Å². The van der Waals surface area contributed by atoms with Crippen molar-refractivity contribution in [3.05, 3.63) is 58.3 Å². The van der Waals surface area contributed by atoms with Crippen LogP contribution in [0.5, 0.6) is 5.75 Å². The zero-order valence-electron chi connectivity index (χ0n) is 9.93.